The number of nitrogens with zero attached hydrogens (tertiary/aromatic N) is 6. The third kappa shape index (κ3) is 6.32. The van der Waals surface area contributed by atoms with E-state index < -0.39 is 84.8 Å². The van der Waals surface area contributed by atoms with Gasteiger partial charge in [0.2, 0.25) is 15.8 Å². The summed E-state index contributed by atoms with van der Waals surface area (Å²) in [6.45, 7) is -0.948. The van der Waals surface area contributed by atoms with Crippen molar-refractivity contribution in [2.75, 3.05) is 37.7 Å². The number of non-ortho nitro benzene ring substituents is 1. The Bertz CT molecular complexity index is 1790. The Morgan fingerprint density at radius 1 is 1.00 bits per heavy atom. The number of nitro groups is 2. The zero-order valence-electron chi connectivity index (χ0n) is 22.4. The van der Waals surface area contributed by atoms with Gasteiger partial charge in [-0.1, -0.05) is 0 Å². The van der Waals surface area contributed by atoms with Gasteiger partial charge in [-0.15, -0.1) is 0 Å². The maximum atomic E-state index is 13.8. The van der Waals surface area contributed by atoms with Crippen molar-refractivity contribution in [1.82, 2.24) is 14.1 Å². The van der Waals surface area contributed by atoms with Crippen molar-refractivity contribution in [1.29, 1.82) is 0 Å². The van der Waals surface area contributed by atoms with Crippen molar-refractivity contribution in [2.45, 2.75) is 18.1 Å². The number of ether oxygens (including phenoxy) is 1. The van der Waals surface area contributed by atoms with Crippen LogP contribution in [0.4, 0.5) is 34.6 Å². The number of rotatable bonds is 10. The summed E-state index contributed by atoms with van der Waals surface area (Å²) in [6.07, 6.45) is 0.690. The number of hydrogen-bond acceptors (Lipinski definition) is 10. The number of hydrogen-bond donors (Lipinski definition) is 0. The molecule has 2 aliphatic rings. The second-order valence-corrected chi connectivity index (χ2v) is 12.1. The molecule has 1 saturated heterocycles. The predicted molar refractivity (Wildman–Crippen MR) is 144 cm³/mol. The van der Waals surface area contributed by atoms with Gasteiger partial charge in [0.15, 0.2) is 0 Å². The lowest BCUT2D eigenvalue weighted by molar-refractivity contribution is -0.394. The fourth-order valence-electron chi connectivity index (χ4n) is 4.72. The van der Waals surface area contributed by atoms with E-state index in [9.17, 15) is 51.0 Å². The van der Waals surface area contributed by atoms with E-state index in [4.69, 9.17) is 4.74 Å². The van der Waals surface area contributed by atoms with Crippen molar-refractivity contribution in [3.8, 4) is 11.4 Å². The molecule has 5 rings (SSSR count). The smallest absolute Gasteiger partial charge is 0.316 e. The van der Waals surface area contributed by atoms with Gasteiger partial charge in [-0.3, -0.25) is 25.0 Å². The number of alkyl halides is 2. The third-order valence-corrected chi connectivity index (χ3v) is 9.01. The minimum Gasteiger partial charge on any atom is -0.486 e. The molecule has 1 aliphatic carbocycles. The van der Waals surface area contributed by atoms with Gasteiger partial charge in [-0.25, -0.2) is 26.0 Å². The highest BCUT2D eigenvalue weighted by molar-refractivity contribution is 7.88. The van der Waals surface area contributed by atoms with E-state index in [1.807, 2.05) is 0 Å². The Kier molecular flexibility index (Phi) is 8.02. The van der Waals surface area contributed by atoms with Gasteiger partial charge in [0, 0.05) is 50.3 Å². The Hall–Kier alpha value is -4.65. The molecule has 44 heavy (non-hydrogen) atoms. The monoisotopic (exact) mass is 642 g/mol. The summed E-state index contributed by atoms with van der Waals surface area (Å²) in [5, 5.41) is 26.4. The summed E-state index contributed by atoms with van der Waals surface area (Å²) < 4.78 is 88.2. The molecule has 2 aromatic carbocycles. The van der Waals surface area contributed by atoms with Crippen LogP contribution >= 0.6 is 0 Å². The number of sulfonamides is 1. The van der Waals surface area contributed by atoms with Crippen LogP contribution in [-0.4, -0.2) is 71.1 Å². The first-order valence-electron chi connectivity index (χ1n) is 12.9. The quantitative estimate of drug-likeness (QED) is 0.182. The first-order chi connectivity index (χ1) is 20.7. The largest absolute Gasteiger partial charge is 0.486 e. The molecule has 234 valence electrons. The molecule has 1 atom stereocenters. The average Bonchev–Trinajstić information content (AvgIpc) is 3.57. The van der Waals surface area contributed by atoms with E-state index in [0.29, 0.717) is 16.8 Å². The Morgan fingerprint density at radius 2 is 1.64 bits per heavy atom. The maximum Gasteiger partial charge on any atom is 0.316 e. The first-order valence-corrected chi connectivity index (χ1v) is 14.5. The van der Waals surface area contributed by atoms with Crippen molar-refractivity contribution in [2.24, 2.45) is 5.92 Å². The number of aromatic nitrogens is 2. The molecular weight excluding hydrogens is 620 g/mol. The van der Waals surface area contributed by atoms with Crippen LogP contribution in [0.15, 0.2) is 47.4 Å². The summed E-state index contributed by atoms with van der Waals surface area (Å²) >= 11 is 0. The van der Waals surface area contributed by atoms with Crippen LogP contribution in [0.25, 0.3) is 5.69 Å². The number of nitro benzene ring substituents is 2. The second kappa shape index (κ2) is 11.5. The normalized spacial score (nSPS) is 18.2. The highest BCUT2D eigenvalue weighted by Gasteiger charge is 2.57. The van der Waals surface area contributed by atoms with E-state index >= 15 is 0 Å². The lowest BCUT2D eigenvalue weighted by Crippen LogP contribution is -2.49. The van der Waals surface area contributed by atoms with Gasteiger partial charge < -0.3 is 9.64 Å². The predicted octanol–water partition coefficient (Wildman–Crippen LogP) is 3.01. The first kappa shape index (κ1) is 30.8. The minimum absolute atomic E-state index is 0.0372. The minimum atomic E-state index is -4.16. The second-order valence-electron chi connectivity index (χ2n) is 10.1. The summed E-state index contributed by atoms with van der Waals surface area (Å²) in [5.41, 5.74) is -2.79. The molecule has 2 heterocycles. The van der Waals surface area contributed by atoms with E-state index in [-0.39, 0.29) is 43.1 Å². The van der Waals surface area contributed by atoms with Gasteiger partial charge in [-0.2, -0.15) is 14.1 Å². The van der Waals surface area contributed by atoms with Gasteiger partial charge in [-0.05, 0) is 18.2 Å². The van der Waals surface area contributed by atoms with E-state index in [1.54, 1.807) is 0 Å². The van der Waals surface area contributed by atoms with Crippen LogP contribution in [0.3, 0.4) is 0 Å². The number of benzene rings is 2. The zero-order chi connectivity index (χ0) is 32.0. The highest BCUT2D eigenvalue weighted by Crippen LogP contribution is 2.48. The average molecular weight is 643 g/mol. The Balaban J connectivity index is 1.37. The van der Waals surface area contributed by atoms with Crippen LogP contribution < -0.4 is 15.2 Å². The molecule has 19 heteroatoms. The van der Waals surface area contributed by atoms with Crippen molar-refractivity contribution < 1.29 is 40.6 Å². The molecule has 3 aromatic rings. The van der Waals surface area contributed by atoms with Crippen LogP contribution in [0.1, 0.15) is 12.0 Å². The number of anilines is 1. The lowest BCUT2D eigenvalue weighted by Gasteiger charge is -2.35. The number of halogens is 4. The number of piperazine rings is 1. The van der Waals surface area contributed by atoms with Crippen molar-refractivity contribution in [3.63, 3.8) is 0 Å². The Labute approximate surface area is 245 Å². The molecule has 1 saturated carbocycles. The standard InChI is InChI=1S/C25H22F4N6O8S/c26-17-7-18(27)9-20(8-17)33-24(36)23(43-13-16-11-25(16,28)29)22(12-30-33)31-3-5-32(6-4-31)44(41,42)14-15-1-2-19(34(37)38)10-21(15)35(39)40/h1-2,7-10,12,16H,3-6,11,13-14H2. The fraction of sp³-hybridized carbons (Fsp3) is 0.360. The topological polar surface area (TPSA) is 171 Å². The molecule has 0 radical (unpaired) electrons. The molecule has 0 N–H and O–H groups in total. The van der Waals surface area contributed by atoms with Crippen molar-refractivity contribution in [3.05, 3.63) is 90.4 Å². The van der Waals surface area contributed by atoms with Gasteiger partial charge in [0.1, 0.15) is 17.3 Å². The maximum absolute atomic E-state index is 13.8. The van der Waals surface area contributed by atoms with Gasteiger partial charge in [0.05, 0.1) is 46.1 Å². The summed E-state index contributed by atoms with van der Waals surface area (Å²) in [7, 11) is -4.16. The van der Waals surface area contributed by atoms with E-state index in [1.165, 1.54) is 4.90 Å². The molecule has 1 aromatic heterocycles. The summed E-state index contributed by atoms with van der Waals surface area (Å²) in [5.74, 6) is -7.33. The van der Waals surface area contributed by atoms with E-state index in [0.717, 1.165) is 34.8 Å². The summed E-state index contributed by atoms with van der Waals surface area (Å²) in [4.78, 5) is 35.5. The summed E-state index contributed by atoms with van der Waals surface area (Å²) in [6, 6.07) is 4.91. The van der Waals surface area contributed by atoms with Gasteiger partial charge >= 0.3 is 5.56 Å². The van der Waals surface area contributed by atoms with Crippen LogP contribution in [0, 0.1) is 37.8 Å². The molecule has 2 fully saturated rings. The van der Waals surface area contributed by atoms with Crippen LogP contribution in [-0.2, 0) is 15.8 Å². The SMILES string of the molecule is O=c1c(OCC2CC2(F)F)c(N2CCN(S(=O)(=O)Cc3ccc([N+](=O)[O-])cc3[N+](=O)[O-])CC2)cnn1-c1cc(F)cc(F)c1. The van der Waals surface area contributed by atoms with Crippen molar-refractivity contribution >= 4 is 27.1 Å². The molecule has 0 bridgehead atoms. The third-order valence-electron chi connectivity index (χ3n) is 7.18. The van der Waals surface area contributed by atoms with Gasteiger partial charge in [0.25, 0.3) is 17.3 Å². The Morgan fingerprint density at radius 3 is 2.20 bits per heavy atom. The molecule has 14 nitrogen and oxygen atoms in total. The highest BCUT2D eigenvalue weighted by atomic mass is 32.2. The zero-order valence-corrected chi connectivity index (χ0v) is 23.3. The molecule has 1 aliphatic heterocycles. The molecular formula is C25H22F4N6O8S. The van der Waals surface area contributed by atoms with Crippen LogP contribution in [0.2, 0.25) is 0 Å². The lowest BCUT2D eigenvalue weighted by atomic mass is 10.2. The molecule has 0 spiro atoms. The van der Waals surface area contributed by atoms with E-state index in [2.05, 4.69) is 5.10 Å². The fourth-order valence-corrected chi connectivity index (χ4v) is 6.26. The molecule has 0 amide bonds. The molecule has 1 unspecified atom stereocenters. The van der Waals surface area contributed by atoms with Crippen LogP contribution in [0.5, 0.6) is 5.75 Å².